The van der Waals surface area contributed by atoms with Gasteiger partial charge in [0.2, 0.25) is 0 Å². The van der Waals surface area contributed by atoms with E-state index in [1.165, 1.54) is 5.56 Å². The van der Waals surface area contributed by atoms with E-state index in [1.54, 1.807) is 0 Å². The number of terminal acetylenes is 1. The van der Waals surface area contributed by atoms with E-state index in [2.05, 4.69) is 26.7 Å². The number of hydrogen-bond acceptors (Lipinski definition) is 1. The number of benzene rings is 1. The summed E-state index contributed by atoms with van der Waals surface area (Å²) < 4.78 is 0. The fourth-order valence-corrected chi connectivity index (χ4v) is 1.53. The molecule has 1 N–H and O–H groups in total. The number of rotatable bonds is 2. The van der Waals surface area contributed by atoms with Gasteiger partial charge in [0.25, 0.3) is 0 Å². The van der Waals surface area contributed by atoms with E-state index in [-0.39, 0.29) is 5.41 Å². The Labute approximate surface area is 92.1 Å². The Morgan fingerprint density at radius 1 is 1.27 bits per heavy atom. The van der Waals surface area contributed by atoms with Gasteiger partial charge in [-0.3, -0.25) is 0 Å². The molecule has 0 heterocycles. The third-order valence-corrected chi connectivity index (χ3v) is 2.19. The largest absolute Gasteiger partial charge is 0.376 e. The van der Waals surface area contributed by atoms with E-state index in [0.717, 1.165) is 12.0 Å². The topological polar surface area (TPSA) is 20.2 Å². The molecule has 0 fully saturated rings. The lowest BCUT2D eigenvalue weighted by Gasteiger charge is -2.18. The van der Waals surface area contributed by atoms with Crippen LogP contribution in [-0.4, -0.2) is 5.11 Å². The third kappa shape index (κ3) is 3.77. The molecule has 1 rings (SSSR count). The van der Waals surface area contributed by atoms with Crippen molar-refractivity contribution < 1.29 is 5.11 Å². The first kappa shape index (κ1) is 11.8. The van der Waals surface area contributed by atoms with Crippen molar-refractivity contribution in [2.24, 2.45) is 5.41 Å². The van der Waals surface area contributed by atoms with Crippen molar-refractivity contribution in [3.05, 3.63) is 35.4 Å². The molecular weight excluding hydrogens is 184 g/mol. The molecule has 1 aromatic carbocycles. The second kappa shape index (κ2) is 4.51. The zero-order valence-corrected chi connectivity index (χ0v) is 9.62. The summed E-state index contributed by atoms with van der Waals surface area (Å²) in [6.07, 6.45) is 5.39. The van der Waals surface area contributed by atoms with Crippen LogP contribution >= 0.6 is 0 Å². The van der Waals surface area contributed by atoms with Gasteiger partial charge in [-0.2, -0.15) is 0 Å². The fraction of sp³-hybridized carbons (Fsp3) is 0.429. The molecule has 1 heteroatoms. The molecule has 0 aromatic heterocycles. The minimum atomic E-state index is -0.784. The van der Waals surface area contributed by atoms with Gasteiger partial charge in [0.05, 0.1) is 0 Å². The van der Waals surface area contributed by atoms with Gasteiger partial charge in [-0.05, 0) is 23.0 Å². The lowest BCUT2D eigenvalue weighted by molar-refractivity contribution is 0.238. The smallest absolute Gasteiger partial charge is 0.139 e. The number of hydrogen-bond donors (Lipinski definition) is 1. The predicted molar refractivity (Wildman–Crippen MR) is 63.4 cm³/mol. The van der Waals surface area contributed by atoms with Crippen molar-refractivity contribution in [2.75, 3.05) is 0 Å². The highest BCUT2D eigenvalue weighted by atomic mass is 16.3. The van der Waals surface area contributed by atoms with Gasteiger partial charge in [-0.15, -0.1) is 6.42 Å². The Kier molecular flexibility index (Phi) is 3.55. The SMILES string of the molecule is C#CC(O)c1ccc(CC(C)(C)C)cc1. The Morgan fingerprint density at radius 2 is 1.80 bits per heavy atom. The summed E-state index contributed by atoms with van der Waals surface area (Å²) in [7, 11) is 0. The average molecular weight is 202 g/mol. The Morgan fingerprint density at radius 3 is 2.20 bits per heavy atom. The van der Waals surface area contributed by atoms with Gasteiger partial charge in [0.1, 0.15) is 6.10 Å². The average Bonchev–Trinajstić information content (AvgIpc) is 2.15. The standard InChI is InChI=1S/C14H18O/c1-5-13(15)12-8-6-11(7-9-12)10-14(2,3)4/h1,6-9,13,15H,10H2,2-4H3. The first-order valence-electron chi connectivity index (χ1n) is 5.15. The molecule has 0 amide bonds. The molecule has 0 saturated carbocycles. The lowest BCUT2D eigenvalue weighted by atomic mass is 9.88. The maximum absolute atomic E-state index is 9.42. The summed E-state index contributed by atoms with van der Waals surface area (Å²) in [4.78, 5) is 0. The lowest BCUT2D eigenvalue weighted by Crippen LogP contribution is -2.09. The van der Waals surface area contributed by atoms with Gasteiger partial charge in [-0.1, -0.05) is 51.0 Å². The first-order valence-corrected chi connectivity index (χ1v) is 5.15. The Hall–Kier alpha value is -1.26. The monoisotopic (exact) mass is 202 g/mol. The van der Waals surface area contributed by atoms with Crippen LogP contribution < -0.4 is 0 Å². The molecule has 1 atom stereocenters. The first-order chi connectivity index (χ1) is 6.92. The van der Waals surface area contributed by atoms with Crippen molar-refractivity contribution >= 4 is 0 Å². The third-order valence-electron chi connectivity index (χ3n) is 2.19. The van der Waals surface area contributed by atoms with Crippen molar-refractivity contribution in [3.63, 3.8) is 0 Å². The normalized spacial score (nSPS) is 13.3. The zero-order valence-electron chi connectivity index (χ0n) is 9.62. The van der Waals surface area contributed by atoms with E-state index < -0.39 is 6.10 Å². The van der Waals surface area contributed by atoms with E-state index in [9.17, 15) is 5.11 Å². The van der Waals surface area contributed by atoms with Crippen LogP contribution in [0, 0.1) is 17.8 Å². The van der Waals surface area contributed by atoms with Gasteiger partial charge in [-0.25, -0.2) is 0 Å². The maximum Gasteiger partial charge on any atom is 0.139 e. The second-order valence-corrected chi connectivity index (χ2v) is 5.05. The molecule has 0 bridgehead atoms. The van der Waals surface area contributed by atoms with Gasteiger partial charge in [0, 0.05) is 0 Å². The molecule has 1 unspecified atom stereocenters. The summed E-state index contributed by atoms with van der Waals surface area (Å²) in [6.45, 7) is 6.62. The molecule has 0 aliphatic heterocycles. The van der Waals surface area contributed by atoms with Crippen molar-refractivity contribution in [1.29, 1.82) is 0 Å². The fourth-order valence-electron chi connectivity index (χ4n) is 1.53. The van der Waals surface area contributed by atoms with E-state index >= 15 is 0 Å². The second-order valence-electron chi connectivity index (χ2n) is 5.05. The minimum Gasteiger partial charge on any atom is -0.376 e. The Bertz CT molecular complexity index is 348. The van der Waals surface area contributed by atoms with Crippen LogP contribution in [0.15, 0.2) is 24.3 Å². The number of aliphatic hydroxyl groups excluding tert-OH is 1. The van der Waals surface area contributed by atoms with Crippen LogP contribution in [0.2, 0.25) is 0 Å². The summed E-state index contributed by atoms with van der Waals surface area (Å²) in [6, 6.07) is 7.85. The summed E-state index contributed by atoms with van der Waals surface area (Å²) in [5, 5.41) is 9.42. The van der Waals surface area contributed by atoms with E-state index in [0.29, 0.717) is 0 Å². The highest BCUT2D eigenvalue weighted by Crippen LogP contribution is 2.21. The molecule has 0 spiro atoms. The minimum absolute atomic E-state index is 0.284. The van der Waals surface area contributed by atoms with Gasteiger partial charge < -0.3 is 5.11 Å². The van der Waals surface area contributed by atoms with E-state index in [1.807, 2.05) is 24.3 Å². The van der Waals surface area contributed by atoms with Crippen LogP contribution in [0.4, 0.5) is 0 Å². The summed E-state index contributed by atoms with van der Waals surface area (Å²) in [5.74, 6) is 2.30. The van der Waals surface area contributed by atoms with Crippen molar-refractivity contribution in [2.45, 2.75) is 33.3 Å². The predicted octanol–water partition coefficient (Wildman–Crippen LogP) is 2.94. The van der Waals surface area contributed by atoms with Crippen molar-refractivity contribution in [3.8, 4) is 12.3 Å². The van der Waals surface area contributed by atoms with Crippen LogP contribution in [0.25, 0.3) is 0 Å². The van der Waals surface area contributed by atoms with Gasteiger partial charge in [0.15, 0.2) is 0 Å². The van der Waals surface area contributed by atoms with Crippen LogP contribution in [0.5, 0.6) is 0 Å². The van der Waals surface area contributed by atoms with E-state index in [4.69, 9.17) is 6.42 Å². The molecule has 80 valence electrons. The molecule has 0 aliphatic rings. The van der Waals surface area contributed by atoms with Crippen LogP contribution in [0.3, 0.4) is 0 Å². The van der Waals surface area contributed by atoms with Crippen LogP contribution in [0.1, 0.15) is 38.0 Å². The zero-order chi connectivity index (χ0) is 11.5. The quantitative estimate of drug-likeness (QED) is 0.731. The maximum atomic E-state index is 9.42. The highest BCUT2D eigenvalue weighted by molar-refractivity contribution is 5.28. The molecule has 0 radical (unpaired) electrons. The molecule has 0 aliphatic carbocycles. The molecule has 0 saturated heterocycles. The molecule has 1 aromatic rings. The summed E-state index contributed by atoms with van der Waals surface area (Å²) >= 11 is 0. The van der Waals surface area contributed by atoms with Crippen molar-refractivity contribution in [1.82, 2.24) is 0 Å². The Balaban J connectivity index is 2.78. The van der Waals surface area contributed by atoms with Crippen LogP contribution in [-0.2, 0) is 6.42 Å². The molecular formula is C14H18O. The van der Waals surface area contributed by atoms with Gasteiger partial charge >= 0.3 is 0 Å². The highest BCUT2D eigenvalue weighted by Gasteiger charge is 2.11. The molecule has 1 nitrogen and oxygen atoms in total. The summed E-state index contributed by atoms with van der Waals surface area (Å²) in [5.41, 5.74) is 2.34. The number of aliphatic hydroxyl groups is 1. The molecule has 15 heavy (non-hydrogen) atoms.